The first kappa shape index (κ1) is 16.3. The molecule has 0 bridgehead atoms. The summed E-state index contributed by atoms with van der Waals surface area (Å²) in [6.45, 7) is 6.52. The van der Waals surface area contributed by atoms with Crippen molar-refractivity contribution in [2.24, 2.45) is 0 Å². The van der Waals surface area contributed by atoms with Crippen LogP contribution in [0.3, 0.4) is 0 Å². The van der Waals surface area contributed by atoms with E-state index in [1.165, 1.54) is 32.5 Å². The minimum Gasteiger partial charge on any atom is -0.369 e. The largest absolute Gasteiger partial charge is 0.369 e. The SMILES string of the molecule is CN1Cc2cc(N3CCNCC3)ccc2C(c2ccc3ccsc3c2)C1. The predicted molar refractivity (Wildman–Crippen MR) is 112 cm³/mol. The molecule has 26 heavy (non-hydrogen) atoms. The molecule has 5 rings (SSSR count). The molecule has 0 spiro atoms. The van der Waals surface area contributed by atoms with Crippen LogP contribution in [-0.4, -0.2) is 44.7 Å². The number of nitrogens with one attached hydrogen (secondary N) is 1. The van der Waals surface area contributed by atoms with Crippen molar-refractivity contribution in [1.82, 2.24) is 10.2 Å². The molecule has 1 aromatic heterocycles. The molecule has 134 valence electrons. The van der Waals surface area contributed by atoms with Crippen molar-refractivity contribution in [3.63, 3.8) is 0 Å². The van der Waals surface area contributed by atoms with Crippen LogP contribution in [0.15, 0.2) is 47.8 Å². The van der Waals surface area contributed by atoms with Crippen molar-refractivity contribution in [2.45, 2.75) is 12.5 Å². The third kappa shape index (κ3) is 2.92. The van der Waals surface area contributed by atoms with E-state index in [1.54, 1.807) is 0 Å². The van der Waals surface area contributed by atoms with E-state index in [-0.39, 0.29) is 0 Å². The minimum absolute atomic E-state index is 0.465. The number of anilines is 1. The van der Waals surface area contributed by atoms with Gasteiger partial charge in [-0.1, -0.05) is 18.2 Å². The van der Waals surface area contributed by atoms with E-state index in [0.717, 1.165) is 39.3 Å². The standard InChI is InChI=1S/C22H25N3S/c1-24-14-18-12-19(25-9-7-23-8-10-25)4-5-20(18)21(15-24)17-3-2-16-6-11-26-22(16)13-17/h2-6,11-13,21,23H,7-10,14-15H2,1H3. The van der Waals surface area contributed by atoms with Crippen LogP contribution >= 0.6 is 11.3 Å². The molecular weight excluding hydrogens is 338 g/mol. The van der Waals surface area contributed by atoms with Crippen molar-refractivity contribution in [3.05, 3.63) is 64.5 Å². The zero-order valence-corrected chi connectivity index (χ0v) is 16.1. The maximum absolute atomic E-state index is 3.45. The summed E-state index contributed by atoms with van der Waals surface area (Å²) >= 11 is 1.84. The van der Waals surface area contributed by atoms with Crippen LogP contribution in [0.25, 0.3) is 10.1 Å². The molecule has 4 heteroatoms. The Morgan fingerprint density at radius 3 is 2.81 bits per heavy atom. The molecule has 1 unspecified atom stereocenters. The van der Waals surface area contributed by atoms with Crippen molar-refractivity contribution in [2.75, 3.05) is 44.7 Å². The van der Waals surface area contributed by atoms with Gasteiger partial charge in [0.2, 0.25) is 0 Å². The average molecular weight is 364 g/mol. The Morgan fingerprint density at radius 1 is 1.04 bits per heavy atom. The number of nitrogens with zero attached hydrogens (tertiary/aromatic N) is 2. The van der Waals surface area contributed by atoms with Gasteiger partial charge >= 0.3 is 0 Å². The Morgan fingerprint density at radius 2 is 1.92 bits per heavy atom. The fourth-order valence-electron chi connectivity index (χ4n) is 4.43. The van der Waals surface area contributed by atoms with E-state index in [4.69, 9.17) is 0 Å². The van der Waals surface area contributed by atoms with Gasteiger partial charge in [-0.25, -0.2) is 0 Å². The lowest BCUT2D eigenvalue weighted by Crippen LogP contribution is -2.43. The molecule has 0 amide bonds. The van der Waals surface area contributed by atoms with Gasteiger partial charge in [0.1, 0.15) is 0 Å². The zero-order valence-electron chi connectivity index (χ0n) is 15.2. The predicted octanol–water partition coefficient (Wildman–Crippen LogP) is 3.89. The molecule has 1 atom stereocenters. The van der Waals surface area contributed by atoms with Gasteiger partial charge in [0, 0.05) is 55.6 Å². The molecule has 1 saturated heterocycles. The van der Waals surface area contributed by atoms with E-state index in [9.17, 15) is 0 Å². The summed E-state index contributed by atoms with van der Waals surface area (Å²) in [6, 6.07) is 16.4. The van der Waals surface area contributed by atoms with Crippen molar-refractivity contribution in [3.8, 4) is 0 Å². The number of thiophene rings is 1. The van der Waals surface area contributed by atoms with Crippen LogP contribution in [0.5, 0.6) is 0 Å². The summed E-state index contributed by atoms with van der Waals surface area (Å²) in [5, 5.41) is 6.99. The van der Waals surface area contributed by atoms with Gasteiger partial charge in [-0.15, -0.1) is 11.3 Å². The molecule has 1 fully saturated rings. The van der Waals surface area contributed by atoms with Crippen molar-refractivity contribution < 1.29 is 0 Å². The van der Waals surface area contributed by atoms with Crippen LogP contribution < -0.4 is 10.2 Å². The number of benzene rings is 2. The topological polar surface area (TPSA) is 18.5 Å². The summed E-state index contributed by atoms with van der Waals surface area (Å²) in [4.78, 5) is 4.98. The lowest BCUT2D eigenvalue weighted by molar-refractivity contribution is 0.295. The second kappa shape index (κ2) is 6.69. The number of rotatable bonds is 2. The molecule has 0 saturated carbocycles. The maximum atomic E-state index is 3.45. The Kier molecular flexibility index (Phi) is 4.20. The summed E-state index contributed by atoms with van der Waals surface area (Å²) in [5.74, 6) is 0.465. The maximum Gasteiger partial charge on any atom is 0.0370 e. The highest BCUT2D eigenvalue weighted by atomic mass is 32.1. The van der Waals surface area contributed by atoms with Crippen LogP contribution in [0.2, 0.25) is 0 Å². The fourth-order valence-corrected chi connectivity index (χ4v) is 5.26. The number of likely N-dealkylation sites (N-methyl/N-ethyl adjacent to an activating group) is 1. The van der Waals surface area contributed by atoms with E-state index in [1.807, 2.05) is 11.3 Å². The molecule has 3 aromatic rings. The number of fused-ring (bicyclic) bond motifs is 2. The van der Waals surface area contributed by atoms with E-state index in [2.05, 4.69) is 70.0 Å². The van der Waals surface area contributed by atoms with Gasteiger partial charge in [0.05, 0.1) is 0 Å². The van der Waals surface area contributed by atoms with Gasteiger partial charge in [-0.2, -0.15) is 0 Å². The highest BCUT2D eigenvalue weighted by Crippen LogP contribution is 2.36. The zero-order chi connectivity index (χ0) is 17.5. The molecule has 3 heterocycles. The van der Waals surface area contributed by atoms with Crippen molar-refractivity contribution >= 4 is 27.1 Å². The second-order valence-electron chi connectivity index (χ2n) is 7.59. The van der Waals surface area contributed by atoms with E-state index in [0.29, 0.717) is 5.92 Å². The molecule has 3 nitrogen and oxygen atoms in total. The summed E-state index contributed by atoms with van der Waals surface area (Å²) in [5.41, 5.74) is 5.83. The summed E-state index contributed by atoms with van der Waals surface area (Å²) < 4.78 is 1.40. The van der Waals surface area contributed by atoms with Crippen LogP contribution in [0, 0.1) is 0 Å². The highest BCUT2D eigenvalue weighted by molar-refractivity contribution is 7.17. The number of hydrogen-bond acceptors (Lipinski definition) is 4. The van der Waals surface area contributed by atoms with Crippen LogP contribution in [0.4, 0.5) is 5.69 Å². The van der Waals surface area contributed by atoms with E-state index >= 15 is 0 Å². The lowest BCUT2D eigenvalue weighted by atomic mass is 9.84. The average Bonchev–Trinajstić information content (AvgIpc) is 3.15. The molecule has 0 aliphatic carbocycles. The summed E-state index contributed by atoms with van der Waals surface area (Å²) in [7, 11) is 2.25. The van der Waals surface area contributed by atoms with E-state index < -0.39 is 0 Å². The quantitative estimate of drug-likeness (QED) is 0.745. The van der Waals surface area contributed by atoms with Gasteiger partial charge in [0.15, 0.2) is 0 Å². The van der Waals surface area contributed by atoms with Gasteiger partial charge in [-0.3, -0.25) is 0 Å². The molecule has 1 N–H and O–H groups in total. The molecule has 2 aromatic carbocycles. The highest BCUT2D eigenvalue weighted by Gasteiger charge is 2.26. The Hall–Kier alpha value is -1.88. The Bertz CT molecular complexity index is 926. The first-order chi connectivity index (χ1) is 12.8. The third-order valence-electron chi connectivity index (χ3n) is 5.80. The summed E-state index contributed by atoms with van der Waals surface area (Å²) in [6.07, 6.45) is 0. The minimum atomic E-state index is 0.465. The van der Waals surface area contributed by atoms with Crippen LogP contribution in [-0.2, 0) is 6.54 Å². The second-order valence-corrected chi connectivity index (χ2v) is 8.54. The van der Waals surface area contributed by atoms with Crippen molar-refractivity contribution in [1.29, 1.82) is 0 Å². The van der Waals surface area contributed by atoms with Gasteiger partial charge in [-0.05, 0) is 58.8 Å². The van der Waals surface area contributed by atoms with Crippen LogP contribution in [0.1, 0.15) is 22.6 Å². The molecule has 2 aliphatic heterocycles. The monoisotopic (exact) mass is 363 g/mol. The smallest absolute Gasteiger partial charge is 0.0370 e. The molecule has 0 radical (unpaired) electrons. The molecular formula is C22H25N3S. The fraction of sp³-hybridized carbons (Fsp3) is 0.364. The van der Waals surface area contributed by atoms with Gasteiger partial charge < -0.3 is 15.1 Å². The van der Waals surface area contributed by atoms with Gasteiger partial charge in [0.25, 0.3) is 0 Å². The number of hydrogen-bond donors (Lipinski definition) is 1. The normalized spacial score (nSPS) is 21.1. The first-order valence-corrected chi connectivity index (χ1v) is 10.4. The Labute approximate surface area is 159 Å². The number of piperazine rings is 1. The Balaban J connectivity index is 1.52. The third-order valence-corrected chi connectivity index (χ3v) is 6.68. The molecule has 2 aliphatic rings. The lowest BCUT2D eigenvalue weighted by Gasteiger charge is -2.35. The first-order valence-electron chi connectivity index (χ1n) is 9.52.